The summed E-state index contributed by atoms with van der Waals surface area (Å²) in [5, 5.41) is 9.61. The average molecular weight is 224 g/mol. The molecule has 0 aliphatic heterocycles. The number of hydrogen-bond donors (Lipinski definition) is 1. The summed E-state index contributed by atoms with van der Waals surface area (Å²) in [5.41, 5.74) is 2.32. The predicted octanol–water partition coefficient (Wildman–Crippen LogP) is 3.46. The van der Waals surface area contributed by atoms with Crippen molar-refractivity contribution >= 4 is 11.8 Å². The van der Waals surface area contributed by atoms with Crippen LogP contribution in [-0.4, -0.2) is 10.4 Å². The van der Waals surface area contributed by atoms with E-state index in [1.807, 2.05) is 23.9 Å². The molecular formula is C13H20OS. The summed E-state index contributed by atoms with van der Waals surface area (Å²) >= 11 is 1.99. The molecule has 84 valence electrons. The molecule has 1 aromatic carbocycles. The zero-order valence-electron chi connectivity index (χ0n) is 9.73. The number of benzene rings is 1. The van der Waals surface area contributed by atoms with E-state index in [-0.39, 0.29) is 6.61 Å². The summed E-state index contributed by atoms with van der Waals surface area (Å²) in [6.45, 7) is 6.92. The van der Waals surface area contributed by atoms with Crippen molar-refractivity contribution in [3.8, 4) is 0 Å². The van der Waals surface area contributed by atoms with Gasteiger partial charge in [-0.15, -0.1) is 0 Å². The van der Waals surface area contributed by atoms with Crippen LogP contribution in [0.4, 0.5) is 0 Å². The van der Waals surface area contributed by atoms with Crippen LogP contribution in [0.25, 0.3) is 0 Å². The van der Waals surface area contributed by atoms with Crippen LogP contribution in [0.15, 0.2) is 24.3 Å². The quantitative estimate of drug-likeness (QED) is 0.826. The molecule has 0 bridgehead atoms. The first kappa shape index (κ1) is 12.6. The Morgan fingerprint density at radius 2 is 1.60 bits per heavy atom. The monoisotopic (exact) mass is 224 g/mol. The lowest BCUT2D eigenvalue weighted by molar-refractivity contribution is 0.282. The molecule has 1 N–H and O–H groups in total. The smallest absolute Gasteiger partial charge is 0.0681 e. The highest BCUT2D eigenvalue weighted by atomic mass is 32.2. The topological polar surface area (TPSA) is 20.2 Å². The zero-order chi connectivity index (χ0) is 11.3. The number of rotatable bonds is 5. The summed E-state index contributed by atoms with van der Waals surface area (Å²) in [7, 11) is 0. The van der Waals surface area contributed by atoms with Gasteiger partial charge in [-0.2, -0.15) is 11.8 Å². The van der Waals surface area contributed by atoms with E-state index in [9.17, 15) is 0 Å². The molecule has 0 aromatic heterocycles. The van der Waals surface area contributed by atoms with Gasteiger partial charge < -0.3 is 5.11 Å². The van der Waals surface area contributed by atoms with Gasteiger partial charge in [0.2, 0.25) is 0 Å². The molecule has 0 amide bonds. The molecule has 1 aromatic rings. The van der Waals surface area contributed by atoms with Crippen molar-refractivity contribution in [1.29, 1.82) is 0 Å². The van der Waals surface area contributed by atoms with Crippen LogP contribution in [-0.2, 0) is 12.4 Å². The minimum absolute atomic E-state index is 0.135. The summed E-state index contributed by atoms with van der Waals surface area (Å²) < 4.78 is 0. The zero-order valence-corrected chi connectivity index (χ0v) is 10.6. The summed E-state index contributed by atoms with van der Waals surface area (Å²) in [6, 6.07) is 8.20. The summed E-state index contributed by atoms with van der Waals surface area (Å²) in [5.74, 6) is 1.79. The highest BCUT2D eigenvalue weighted by Crippen LogP contribution is 2.23. The molecule has 1 atom stereocenters. The Kier molecular flexibility index (Phi) is 5.20. The molecule has 1 unspecified atom stereocenters. The van der Waals surface area contributed by atoms with Gasteiger partial charge in [-0.3, -0.25) is 0 Å². The van der Waals surface area contributed by atoms with Gasteiger partial charge in [-0.1, -0.05) is 45.0 Å². The molecule has 0 saturated carbocycles. The fraction of sp³-hybridized carbons (Fsp3) is 0.538. The maximum atomic E-state index is 8.91. The molecule has 0 spiro atoms. The highest BCUT2D eigenvalue weighted by molar-refractivity contribution is 7.99. The van der Waals surface area contributed by atoms with Crippen molar-refractivity contribution in [3.05, 3.63) is 35.4 Å². The van der Waals surface area contributed by atoms with Crippen LogP contribution in [0.1, 0.15) is 31.9 Å². The van der Waals surface area contributed by atoms with Gasteiger partial charge in [0.05, 0.1) is 6.61 Å². The van der Waals surface area contributed by atoms with Crippen molar-refractivity contribution < 1.29 is 5.11 Å². The van der Waals surface area contributed by atoms with Gasteiger partial charge in [-0.25, -0.2) is 0 Å². The lowest BCUT2D eigenvalue weighted by atomic mass is 10.1. The van der Waals surface area contributed by atoms with Gasteiger partial charge in [0.1, 0.15) is 0 Å². The fourth-order valence-electron chi connectivity index (χ4n) is 1.16. The van der Waals surface area contributed by atoms with Crippen LogP contribution in [0, 0.1) is 5.92 Å². The van der Waals surface area contributed by atoms with Crippen LogP contribution >= 0.6 is 11.8 Å². The number of aliphatic hydroxyl groups is 1. The van der Waals surface area contributed by atoms with E-state index in [1.54, 1.807) is 0 Å². The van der Waals surface area contributed by atoms with Crippen molar-refractivity contribution in [3.63, 3.8) is 0 Å². The molecular weight excluding hydrogens is 204 g/mol. The van der Waals surface area contributed by atoms with E-state index in [0.717, 1.165) is 17.2 Å². The van der Waals surface area contributed by atoms with E-state index in [1.165, 1.54) is 5.56 Å². The normalized spacial score (nSPS) is 13.1. The number of aliphatic hydroxyl groups excluding tert-OH is 1. The maximum Gasteiger partial charge on any atom is 0.0681 e. The first-order valence-corrected chi connectivity index (χ1v) is 6.48. The van der Waals surface area contributed by atoms with Crippen LogP contribution in [0.5, 0.6) is 0 Å². The van der Waals surface area contributed by atoms with Gasteiger partial charge in [0.25, 0.3) is 0 Å². The maximum absolute atomic E-state index is 8.91. The Morgan fingerprint density at radius 3 is 2.07 bits per heavy atom. The third kappa shape index (κ3) is 4.27. The van der Waals surface area contributed by atoms with Crippen molar-refractivity contribution in [1.82, 2.24) is 0 Å². The highest BCUT2D eigenvalue weighted by Gasteiger charge is 2.07. The minimum atomic E-state index is 0.135. The molecule has 0 aliphatic carbocycles. The van der Waals surface area contributed by atoms with E-state index in [2.05, 4.69) is 32.9 Å². The lowest BCUT2D eigenvalue weighted by Crippen LogP contribution is -2.05. The first-order chi connectivity index (χ1) is 7.13. The molecule has 0 saturated heterocycles. The second kappa shape index (κ2) is 6.19. The lowest BCUT2D eigenvalue weighted by Gasteiger charge is -2.14. The Hall–Kier alpha value is -0.470. The molecule has 2 heteroatoms. The van der Waals surface area contributed by atoms with Crippen LogP contribution < -0.4 is 0 Å². The molecule has 1 rings (SSSR count). The molecule has 0 aliphatic rings. The van der Waals surface area contributed by atoms with Crippen molar-refractivity contribution in [2.45, 2.75) is 38.4 Å². The van der Waals surface area contributed by atoms with Crippen LogP contribution in [0.3, 0.4) is 0 Å². The minimum Gasteiger partial charge on any atom is -0.392 e. The van der Waals surface area contributed by atoms with E-state index in [0.29, 0.717) is 5.25 Å². The Bertz CT molecular complexity index is 279. The average Bonchev–Trinajstić information content (AvgIpc) is 2.26. The molecule has 0 fully saturated rings. The SMILES string of the molecule is CC(C)C(C)SCc1ccc(CO)cc1. The van der Waals surface area contributed by atoms with Gasteiger partial charge in [0, 0.05) is 11.0 Å². The molecule has 0 heterocycles. The Labute approximate surface area is 96.9 Å². The fourth-order valence-corrected chi connectivity index (χ4v) is 2.19. The second-order valence-electron chi connectivity index (χ2n) is 4.23. The van der Waals surface area contributed by atoms with Crippen LogP contribution in [0.2, 0.25) is 0 Å². The van der Waals surface area contributed by atoms with Gasteiger partial charge in [0.15, 0.2) is 0 Å². The number of thioether (sulfide) groups is 1. The Balaban J connectivity index is 2.44. The second-order valence-corrected chi connectivity index (χ2v) is 5.60. The van der Waals surface area contributed by atoms with E-state index < -0.39 is 0 Å². The van der Waals surface area contributed by atoms with Gasteiger partial charge in [-0.05, 0) is 17.0 Å². The standard InChI is InChI=1S/C13H20OS/c1-10(2)11(3)15-9-13-6-4-12(8-14)5-7-13/h4-7,10-11,14H,8-9H2,1-3H3. The third-order valence-corrected chi connectivity index (χ3v) is 4.23. The van der Waals surface area contributed by atoms with Gasteiger partial charge >= 0.3 is 0 Å². The summed E-state index contributed by atoms with van der Waals surface area (Å²) in [6.07, 6.45) is 0. The molecule has 0 radical (unpaired) electrons. The van der Waals surface area contributed by atoms with E-state index >= 15 is 0 Å². The van der Waals surface area contributed by atoms with Crippen molar-refractivity contribution in [2.75, 3.05) is 0 Å². The largest absolute Gasteiger partial charge is 0.392 e. The summed E-state index contributed by atoms with van der Waals surface area (Å²) in [4.78, 5) is 0. The Morgan fingerprint density at radius 1 is 1.07 bits per heavy atom. The molecule has 1 nitrogen and oxygen atoms in total. The van der Waals surface area contributed by atoms with Crippen molar-refractivity contribution in [2.24, 2.45) is 5.92 Å². The third-order valence-electron chi connectivity index (χ3n) is 2.66. The first-order valence-electron chi connectivity index (χ1n) is 5.43. The van der Waals surface area contributed by atoms with E-state index in [4.69, 9.17) is 5.11 Å². The molecule has 15 heavy (non-hydrogen) atoms. The predicted molar refractivity (Wildman–Crippen MR) is 68.0 cm³/mol. The number of hydrogen-bond acceptors (Lipinski definition) is 2.